The fraction of sp³-hybridized carbons (Fsp3) is 0.545. The average molecular weight is 299 g/mol. The minimum absolute atomic E-state index is 0.665. The van der Waals surface area contributed by atoms with Gasteiger partial charge in [0.2, 0.25) is 0 Å². The van der Waals surface area contributed by atoms with Crippen molar-refractivity contribution in [2.24, 2.45) is 11.8 Å². The predicted molar refractivity (Wildman–Crippen MR) is 101 cm³/mol. The normalized spacial score (nSPS) is 17.0. The highest BCUT2D eigenvalue weighted by Gasteiger charge is 2.11. The molecule has 0 aromatic carbocycles. The van der Waals surface area contributed by atoms with E-state index in [0.717, 1.165) is 18.8 Å². The molecular formula is C22H34. The molecule has 122 valence electrons. The molecule has 0 saturated heterocycles. The molecule has 0 amide bonds. The summed E-state index contributed by atoms with van der Waals surface area (Å²) < 4.78 is 0. The molecular weight excluding hydrogens is 264 g/mol. The molecule has 0 bridgehead atoms. The molecule has 1 aliphatic rings. The van der Waals surface area contributed by atoms with Crippen LogP contribution < -0.4 is 0 Å². The molecule has 1 atom stereocenters. The second-order valence-corrected chi connectivity index (χ2v) is 6.40. The van der Waals surface area contributed by atoms with Crippen molar-refractivity contribution in [1.82, 2.24) is 0 Å². The maximum absolute atomic E-state index is 3.86. The molecule has 0 N–H and O–H groups in total. The Morgan fingerprint density at radius 3 is 2.50 bits per heavy atom. The van der Waals surface area contributed by atoms with Gasteiger partial charge in [-0.2, -0.15) is 0 Å². The van der Waals surface area contributed by atoms with Crippen molar-refractivity contribution in [2.45, 2.75) is 66.2 Å². The lowest BCUT2D eigenvalue weighted by atomic mass is 9.89. The molecule has 0 aromatic rings. The first-order valence-corrected chi connectivity index (χ1v) is 9.00. The van der Waals surface area contributed by atoms with Gasteiger partial charge in [0.25, 0.3) is 0 Å². The van der Waals surface area contributed by atoms with E-state index in [1.807, 2.05) is 6.08 Å². The lowest BCUT2D eigenvalue weighted by molar-refractivity contribution is 0.412. The van der Waals surface area contributed by atoms with Crippen molar-refractivity contribution >= 4 is 0 Å². The number of hydrogen-bond acceptors (Lipinski definition) is 0. The fourth-order valence-electron chi connectivity index (χ4n) is 3.15. The van der Waals surface area contributed by atoms with E-state index in [1.54, 1.807) is 0 Å². The third-order valence-corrected chi connectivity index (χ3v) is 4.96. The Labute approximate surface area is 138 Å². The Morgan fingerprint density at radius 2 is 1.91 bits per heavy atom. The molecule has 0 aromatic heterocycles. The molecule has 0 heterocycles. The maximum atomic E-state index is 3.86. The summed E-state index contributed by atoms with van der Waals surface area (Å²) >= 11 is 0. The first kappa shape index (κ1) is 18.7. The largest absolute Gasteiger partial charge is 0.103 e. The molecule has 0 fully saturated rings. The SMILES string of the molecule is C=CC/C(=C\C)C1=CCC=C([C@H](C)CCC(CC)CC)C=C1. The Kier molecular flexibility index (Phi) is 8.89. The van der Waals surface area contributed by atoms with Crippen LogP contribution in [0.4, 0.5) is 0 Å². The van der Waals surface area contributed by atoms with Gasteiger partial charge in [-0.1, -0.05) is 70.1 Å². The van der Waals surface area contributed by atoms with E-state index in [9.17, 15) is 0 Å². The Bertz CT molecular complexity index is 452. The molecule has 0 nitrogen and oxygen atoms in total. The first-order valence-electron chi connectivity index (χ1n) is 9.00. The highest BCUT2D eigenvalue weighted by atomic mass is 14.2. The van der Waals surface area contributed by atoms with Crippen molar-refractivity contribution in [2.75, 3.05) is 0 Å². The maximum Gasteiger partial charge on any atom is -0.00976 e. The number of allylic oxidation sites excluding steroid dienone is 9. The van der Waals surface area contributed by atoms with Crippen LogP contribution in [0.1, 0.15) is 66.2 Å². The molecule has 0 saturated carbocycles. The molecule has 0 unspecified atom stereocenters. The van der Waals surface area contributed by atoms with Crippen LogP contribution in [0.3, 0.4) is 0 Å². The average Bonchev–Trinajstić information content (AvgIpc) is 2.79. The quantitative estimate of drug-likeness (QED) is 0.396. The summed E-state index contributed by atoms with van der Waals surface area (Å²) in [6.45, 7) is 13.0. The van der Waals surface area contributed by atoms with Crippen LogP contribution in [-0.2, 0) is 0 Å². The fourth-order valence-corrected chi connectivity index (χ4v) is 3.15. The molecule has 0 aliphatic heterocycles. The van der Waals surface area contributed by atoms with Gasteiger partial charge in [-0.15, -0.1) is 6.58 Å². The number of rotatable bonds is 9. The molecule has 22 heavy (non-hydrogen) atoms. The van der Waals surface area contributed by atoms with Crippen LogP contribution in [0, 0.1) is 11.8 Å². The molecule has 0 heteroatoms. The summed E-state index contributed by atoms with van der Waals surface area (Å²) in [5.74, 6) is 1.56. The van der Waals surface area contributed by atoms with Crippen molar-refractivity contribution in [3.63, 3.8) is 0 Å². The van der Waals surface area contributed by atoms with Crippen LogP contribution >= 0.6 is 0 Å². The highest BCUT2D eigenvalue weighted by molar-refractivity contribution is 5.45. The third kappa shape index (κ3) is 5.83. The van der Waals surface area contributed by atoms with Gasteiger partial charge in [0.05, 0.1) is 0 Å². The van der Waals surface area contributed by atoms with E-state index in [1.165, 1.54) is 42.4 Å². The van der Waals surface area contributed by atoms with E-state index in [4.69, 9.17) is 0 Å². The minimum atomic E-state index is 0.665. The van der Waals surface area contributed by atoms with Gasteiger partial charge in [0, 0.05) is 0 Å². The van der Waals surface area contributed by atoms with Gasteiger partial charge >= 0.3 is 0 Å². The van der Waals surface area contributed by atoms with Gasteiger partial charge in [-0.05, 0) is 61.2 Å². The molecule has 1 rings (SSSR count). The third-order valence-electron chi connectivity index (χ3n) is 4.96. The summed E-state index contributed by atoms with van der Waals surface area (Å²) in [5.41, 5.74) is 4.25. The van der Waals surface area contributed by atoms with Crippen molar-refractivity contribution in [3.05, 3.63) is 59.8 Å². The van der Waals surface area contributed by atoms with Crippen LogP contribution in [0.2, 0.25) is 0 Å². The van der Waals surface area contributed by atoms with Crippen molar-refractivity contribution < 1.29 is 0 Å². The van der Waals surface area contributed by atoms with Gasteiger partial charge in [-0.25, -0.2) is 0 Å². The van der Waals surface area contributed by atoms with Gasteiger partial charge < -0.3 is 0 Å². The predicted octanol–water partition coefficient (Wildman–Crippen LogP) is 7.17. The van der Waals surface area contributed by atoms with E-state index in [-0.39, 0.29) is 0 Å². The van der Waals surface area contributed by atoms with Gasteiger partial charge in [-0.3, -0.25) is 0 Å². The molecule has 1 aliphatic carbocycles. The minimum Gasteiger partial charge on any atom is -0.103 e. The second-order valence-electron chi connectivity index (χ2n) is 6.40. The van der Waals surface area contributed by atoms with Gasteiger partial charge in [0.1, 0.15) is 0 Å². The summed E-state index contributed by atoms with van der Waals surface area (Å²) in [4.78, 5) is 0. The Morgan fingerprint density at radius 1 is 1.18 bits per heavy atom. The highest BCUT2D eigenvalue weighted by Crippen LogP contribution is 2.27. The van der Waals surface area contributed by atoms with Crippen molar-refractivity contribution in [1.29, 1.82) is 0 Å². The van der Waals surface area contributed by atoms with E-state index in [2.05, 4.69) is 64.7 Å². The van der Waals surface area contributed by atoms with Gasteiger partial charge in [0.15, 0.2) is 0 Å². The second kappa shape index (κ2) is 10.4. The summed E-state index contributed by atoms with van der Waals surface area (Å²) in [5, 5.41) is 0. The first-order chi connectivity index (χ1) is 10.7. The smallest absolute Gasteiger partial charge is 0.00976 e. The molecule has 0 radical (unpaired) electrons. The lowest BCUT2D eigenvalue weighted by Crippen LogP contribution is -2.03. The lowest BCUT2D eigenvalue weighted by Gasteiger charge is -2.17. The summed E-state index contributed by atoms with van der Waals surface area (Å²) in [6, 6.07) is 0. The monoisotopic (exact) mass is 298 g/mol. The van der Waals surface area contributed by atoms with Crippen LogP contribution in [0.25, 0.3) is 0 Å². The van der Waals surface area contributed by atoms with Crippen molar-refractivity contribution in [3.8, 4) is 0 Å². The zero-order valence-corrected chi connectivity index (χ0v) is 15.1. The standard InChI is InChI=1S/C22H34/c1-6-11-20(9-4)22-13-10-12-21(16-17-22)18(5)14-15-19(7-2)8-3/h6,9,12-13,16-19H,1,7-8,10-11,14-15H2,2-5H3/b20-9+/t18-/m1/s1. The number of hydrogen-bond donors (Lipinski definition) is 0. The van der Waals surface area contributed by atoms with Crippen LogP contribution in [0.5, 0.6) is 0 Å². The summed E-state index contributed by atoms with van der Waals surface area (Å²) in [7, 11) is 0. The molecule has 0 spiro atoms. The topological polar surface area (TPSA) is 0 Å². The van der Waals surface area contributed by atoms with Crippen LogP contribution in [-0.4, -0.2) is 0 Å². The zero-order chi connectivity index (χ0) is 16.4. The Hall–Kier alpha value is -1.30. The zero-order valence-electron chi connectivity index (χ0n) is 15.1. The van der Waals surface area contributed by atoms with E-state index in [0.29, 0.717) is 5.92 Å². The Balaban J connectivity index is 2.65. The summed E-state index contributed by atoms with van der Waals surface area (Å²) in [6.07, 6.45) is 20.9. The van der Waals surface area contributed by atoms with E-state index >= 15 is 0 Å². The van der Waals surface area contributed by atoms with E-state index < -0.39 is 0 Å². The van der Waals surface area contributed by atoms with Crippen LogP contribution in [0.15, 0.2) is 59.8 Å².